The Morgan fingerprint density at radius 1 is 1.03 bits per heavy atom. The van der Waals surface area contributed by atoms with Gasteiger partial charge in [0, 0.05) is 42.3 Å². The molecule has 0 saturated carbocycles. The molecule has 2 N–H and O–H groups in total. The van der Waals surface area contributed by atoms with Crippen molar-refractivity contribution in [1.29, 1.82) is 0 Å². The van der Waals surface area contributed by atoms with E-state index >= 15 is 0 Å². The lowest BCUT2D eigenvalue weighted by atomic mass is 9.97. The second-order valence-corrected chi connectivity index (χ2v) is 10.2. The van der Waals surface area contributed by atoms with E-state index in [2.05, 4.69) is 5.32 Å². The predicted octanol–water partition coefficient (Wildman–Crippen LogP) is 3.86. The molecule has 0 spiro atoms. The van der Waals surface area contributed by atoms with Gasteiger partial charge in [0.15, 0.2) is 0 Å². The minimum absolute atomic E-state index is 0.0691. The van der Waals surface area contributed by atoms with E-state index in [1.54, 1.807) is 0 Å². The van der Waals surface area contributed by atoms with Gasteiger partial charge < -0.3 is 20.2 Å². The fourth-order valence-electron chi connectivity index (χ4n) is 5.69. The number of aliphatic hydroxyl groups excluding tert-OH is 1. The summed E-state index contributed by atoms with van der Waals surface area (Å²) in [5, 5.41) is 13.6. The maximum Gasteiger partial charge on any atom is 0.254 e. The quantitative estimate of drug-likeness (QED) is 0.731. The number of carbonyl (C=O) groups is 2. The van der Waals surface area contributed by atoms with Crippen molar-refractivity contribution in [2.24, 2.45) is 5.92 Å². The number of carbonyl (C=O) groups excluding carboxylic acids is 2. The fraction of sp³-hybridized carbons (Fsp3) is 0.692. The van der Waals surface area contributed by atoms with Crippen LogP contribution >= 0.6 is 0 Å². The van der Waals surface area contributed by atoms with Crippen LogP contribution in [0.4, 0.5) is 5.69 Å². The van der Waals surface area contributed by atoms with E-state index in [1.165, 1.54) is 12.8 Å². The van der Waals surface area contributed by atoms with Gasteiger partial charge in [-0.2, -0.15) is 0 Å². The second-order valence-electron chi connectivity index (χ2n) is 10.2. The average Bonchev–Trinajstić information content (AvgIpc) is 3.04. The molecule has 2 unspecified atom stereocenters. The normalized spacial score (nSPS) is 26.9. The van der Waals surface area contributed by atoms with Gasteiger partial charge in [0.2, 0.25) is 5.91 Å². The molecule has 6 heteroatoms. The molecular weight excluding hydrogens is 402 g/mol. The summed E-state index contributed by atoms with van der Waals surface area (Å²) < 4.78 is 0. The van der Waals surface area contributed by atoms with E-state index in [4.69, 9.17) is 0 Å². The number of nitrogens with zero attached hydrogens (tertiary/aromatic N) is 2. The Kier molecular flexibility index (Phi) is 7.51. The molecule has 32 heavy (non-hydrogen) atoms. The predicted molar refractivity (Wildman–Crippen MR) is 127 cm³/mol. The molecule has 2 saturated heterocycles. The van der Waals surface area contributed by atoms with Crippen molar-refractivity contribution in [2.45, 2.75) is 96.4 Å². The smallest absolute Gasteiger partial charge is 0.254 e. The molecule has 176 valence electrons. The number of benzene rings is 1. The highest BCUT2D eigenvalue weighted by molar-refractivity contribution is 5.98. The molecule has 0 radical (unpaired) electrons. The molecule has 0 aliphatic carbocycles. The van der Waals surface area contributed by atoms with Gasteiger partial charge in [0.05, 0.1) is 6.10 Å². The van der Waals surface area contributed by atoms with Crippen LogP contribution in [0, 0.1) is 5.92 Å². The molecule has 1 aromatic carbocycles. The number of piperidine rings is 1. The summed E-state index contributed by atoms with van der Waals surface area (Å²) in [4.78, 5) is 30.5. The summed E-state index contributed by atoms with van der Waals surface area (Å²) in [7, 11) is 0. The second kappa shape index (κ2) is 10.3. The van der Waals surface area contributed by atoms with E-state index in [9.17, 15) is 14.7 Å². The zero-order valence-corrected chi connectivity index (χ0v) is 19.7. The lowest BCUT2D eigenvalue weighted by molar-refractivity contribution is -0.121. The van der Waals surface area contributed by atoms with Gasteiger partial charge in [0.25, 0.3) is 5.91 Å². The highest BCUT2D eigenvalue weighted by Crippen LogP contribution is 2.37. The third-order valence-corrected chi connectivity index (χ3v) is 7.37. The SMILES string of the molecule is CC(C)C(=O)N1CCCCCCCNCc2cc(C(=O)N3C4CCC3CC(O)C4)ccc21. The van der Waals surface area contributed by atoms with Crippen molar-refractivity contribution in [3.8, 4) is 0 Å². The Bertz CT molecular complexity index is 811. The highest BCUT2D eigenvalue weighted by Gasteiger charge is 2.43. The Morgan fingerprint density at radius 2 is 1.72 bits per heavy atom. The van der Waals surface area contributed by atoms with Crippen LogP contribution in [0.2, 0.25) is 0 Å². The van der Waals surface area contributed by atoms with Gasteiger partial charge in [0.1, 0.15) is 0 Å². The number of aliphatic hydroxyl groups is 1. The van der Waals surface area contributed by atoms with Crippen LogP contribution in [0.25, 0.3) is 0 Å². The number of nitrogens with one attached hydrogen (secondary N) is 1. The molecule has 3 aliphatic heterocycles. The number of anilines is 1. The molecule has 2 amide bonds. The molecule has 3 heterocycles. The lowest BCUT2D eigenvalue weighted by Gasteiger charge is -2.37. The van der Waals surface area contributed by atoms with Gasteiger partial charge in [-0.25, -0.2) is 0 Å². The molecule has 2 bridgehead atoms. The van der Waals surface area contributed by atoms with Crippen molar-refractivity contribution in [3.05, 3.63) is 29.3 Å². The van der Waals surface area contributed by atoms with Gasteiger partial charge in [-0.1, -0.05) is 33.1 Å². The minimum Gasteiger partial charge on any atom is -0.393 e. The molecule has 6 nitrogen and oxygen atoms in total. The van der Waals surface area contributed by atoms with Gasteiger partial charge in [-0.15, -0.1) is 0 Å². The topological polar surface area (TPSA) is 72.9 Å². The summed E-state index contributed by atoms with van der Waals surface area (Å²) in [6, 6.07) is 6.18. The third kappa shape index (κ3) is 5.01. The first-order valence-corrected chi connectivity index (χ1v) is 12.6. The molecule has 2 fully saturated rings. The fourth-order valence-corrected chi connectivity index (χ4v) is 5.69. The van der Waals surface area contributed by atoms with Crippen LogP contribution < -0.4 is 10.2 Å². The van der Waals surface area contributed by atoms with E-state index in [0.717, 1.165) is 56.4 Å². The molecule has 2 atom stereocenters. The van der Waals surface area contributed by atoms with Crippen molar-refractivity contribution in [3.63, 3.8) is 0 Å². The molecule has 3 aliphatic rings. The van der Waals surface area contributed by atoms with Crippen LogP contribution in [0.3, 0.4) is 0 Å². The summed E-state index contributed by atoms with van der Waals surface area (Å²) in [5.74, 6) is 0.144. The first-order chi connectivity index (χ1) is 15.5. The van der Waals surface area contributed by atoms with E-state index in [0.29, 0.717) is 24.9 Å². The monoisotopic (exact) mass is 441 g/mol. The van der Waals surface area contributed by atoms with Crippen LogP contribution in [0.1, 0.15) is 87.6 Å². The van der Waals surface area contributed by atoms with E-state index < -0.39 is 0 Å². The number of fused-ring (bicyclic) bond motifs is 3. The summed E-state index contributed by atoms with van der Waals surface area (Å²) in [5.41, 5.74) is 2.66. The van der Waals surface area contributed by atoms with Crippen LogP contribution in [-0.2, 0) is 11.3 Å². The lowest BCUT2D eigenvalue weighted by Crippen LogP contribution is -2.48. The third-order valence-electron chi connectivity index (χ3n) is 7.37. The van der Waals surface area contributed by atoms with Gasteiger partial charge >= 0.3 is 0 Å². The largest absolute Gasteiger partial charge is 0.393 e. The van der Waals surface area contributed by atoms with Crippen molar-refractivity contribution >= 4 is 17.5 Å². The van der Waals surface area contributed by atoms with Crippen molar-refractivity contribution in [2.75, 3.05) is 18.0 Å². The van der Waals surface area contributed by atoms with Crippen LogP contribution in [-0.4, -0.2) is 53.1 Å². The Labute approximate surface area is 192 Å². The van der Waals surface area contributed by atoms with E-state index in [-0.39, 0.29) is 35.9 Å². The number of hydrogen-bond acceptors (Lipinski definition) is 4. The van der Waals surface area contributed by atoms with Crippen molar-refractivity contribution in [1.82, 2.24) is 10.2 Å². The number of rotatable bonds is 2. The number of amides is 2. The maximum atomic E-state index is 13.5. The molecule has 1 aromatic rings. The molecular formula is C26H39N3O3. The van der Waals surface area contributed by atoms with Crippen LogP contribution in [0.15, 0.2) is 18.2 Å². The highest BCUT2D eigenvalue weighted by atomic mass is 16.3. The minimum atomic E-state index is -0.284. The molecule has 4 rings (SSSR count). The standard InChI is InChI=1S/C26H39N3O3/c1-18(2)25(31)28-13-7-5-3-4-6-12-27-17-20-14-19(8-11-24(20)28)26(32)29-21-9-10-22(29)16-23(30)15-21/h8,11,14,18,21-23,27,30H,3-7,9-10,12-13,15-17H2,1-2H3. The first kappa shape index (κ1) is 23.2. The summed E-state index contributed by atoms with van der Waals surface area (Å²) in [6.07, 6.45) is 8.76. The maximum absolute atomic E-state index is 13.5. The molecule has 0 aromatic heterocycles. The van der Waals surface area contributed by atoms with Gasteiger partial charge in [-0.05, 0) is 68.8 Å². The Hall–Kier alpha value is -1.92. The van der Waals surface area contributed by atoms with Crippen LogP contribution in [0.5, 0.6) is 0 Å². The first-order valence-electron chi connectivity index (χ1n) is 12.6. The Balaban J connectivity index is 1.63. The summed E-state index contributed by atoms with van der Waals surface area (Å²) in [6.45, 7) is 6.24. The number of hydrogen-bond donors (Lipinski definition) is 2. The average molecular weight is 442 g/mol. The Morgan fingerprint density at radius 3 is 2.44 bits per heavy atom. The van der Waals surface area contributed by atoms with Crippen molar-refractivity contribution < 1.29 is 14.7 Å². The summed E-state index contributed by atoms with van der Waals surface area (Å²) >= 11 is 0. The van der Waals surface area contributed by atoms with E-state index in [1.807, 2.05) is 41.8 Å². The zero-order chi connectivity index (χ0) is 22.7. The zero-order valence-electron chi connectivity index (χ0n) is 19.7. The van der Waals surface area contributed by atoms with Gasteiger partial charge in [-0.3, -0.25) is 9.59 Å².